The summed E-state index contributed by atoms with van der Waals surface area (Å²) in [6.07, 6.45) is 3.92. The summed E-state index contributed by atoms with van der Waals surface area (Å²) in [7, 11) is 2.03. The highest BCUT2D eigenvalue weighted by atomic mass is 16.6. The second-order valence-electron chi connectivity index (χ2n) is 7.64. The minimum atomic E-state index is -0.471. The Balaban J connectivity index is 1.92. The Bertz CT molecular complexity index is 810. The van der Waals surface area contributed by atoms with E-state index >= 15 is 0 Å². The van der Waals surface area contributed by atoms with Crippen LogP contribution >= 0.6 is 0 Å². The van der Waals surface area contributed by atoms with Crippen LogP contribution in [0.25, 0.3) is 5.57 Å². The van der Waals surface area contributed by atoms with Crippen molar-refractivity contribution < 1.29 is 14.5 Å². The average Bonchev–Trinajstić information content (AvgIpc) is 2.96. The zero-order chi connectivity index (χ0) is 21.0. The van der Waals surface area contributed by atoms with Gasteiger partial charge in [0.05, 0.1) is 10.5 Å². The van der Waals surface area contributed by atoms with Crippen LogP contribution in [0.5, 0.6) is 0 Å². The molecule has 1 aromatic carbocycles. The van der Waals surface area contributed by atoms with E-state index in [-0.39, 0.29) is 17.5 Å². The van der Waals surface area contributed by atoms with Crippen molar-refractivity contribution in [2.24, 2.45) is 0 Å². The van der Waals surface area contributed by atoms with Gasteiger partial charge in [-0.2, -0.15) is 0 Å². The minimum Gasteiger partial charge on any atom is -0.364 e. The number of nitro benzene ring substituents is 1. The number of nitrogens with zero attached hydrogens (tertiary/aromatic N) is 4. The van der Waals surface area contributed by atoms with Crippen LogP contribution in [-0.2, 0) is 9.59 Å². The predicted molar refractivity (Wildman–Crippen MR) is 110 cm³/mol. The fraction of sp³-hybridized carbons (Fsp3) is 0.524. The van der Waals surface area contributed by atoms with Crippen molar-refractivity contribution >= 4 is 23.1 Å². The van der Waals surface area contributed by atoms with E-state index in [2.05, 4.69) is 11.8 Å². The number of unbranched alkanes of at least 4 members (excludes halogenated alkanes) is 3. The number of carbonyl (C=O) groups is 2. The summed E-state index contributed by atoms with van der Waals surface area (Å²) in [5.74, 6) is -0.543. The molecule has 0 bridgehead atoms. The van der Waals surface area contributed by atoms with Crippen LogP contribution in [0.4, 0.5) is 5.69 Å². The van der Waals surface area contributed by atoms with E-state index < -0.39 is 4.92 Å². The maximum atomic E-state index is 13.2. The fourth-order valence-corrected chi connectivity index (χ4v) is 3.80. The monoisotopic (exact) mass is 400 g/mol. The third-order valence-electron chi connectivity index (χ3n) is 5.57. The molecule has 0 N–H and O–H groups in total. The van der Waals surface area contributed by atoms with E-state index in [0.29, 0.717) is 36.5 Å². The largest absolute Gasteiger partial charge is 0.364 e. The lowest BCUT2D eigenvalue weighted by Gasteiger charge is -2.34. The zero-order valence-corrected chi connectivity index (χ0v) is 17.1. The van der Waals surface area contributed by atoms with Gasteiger partial charge < -0.3 is 9.80 Å². The minimum absolute atomic E-state index is 0.0382. The number of imide groups is 1. The van der Waals surface area contributed by atoms with E-state index in [0.717, 1.165) is 38.8 Å². The maximum absolute atomic E-state index is 13.2. The van der Waals surface area contributed by atoms with E-state index in [1.54, 1.807) is 12.1 Å². The van der Waals surface area contributed by atoms with Gasteiger partial charge in [-0.1, -0.05) is 26.2 Å². The van der Waals surface area contributed by atoms with Gasteiger partial charge in [0, 0.05) is 44.9 Å². The first kappa shape index (κ1) is 21.0. The number of hydrogen-bond donors (Lipinski definition) is 0. The van der Waals surface area contributed by atoms with E-state index in [9.17, 15) is 19.7 Å². The lowest BCUT2D eigenvalue weighted by atomic mass is 10.0. The molecule has 1 aromatic rings. The summed E-state index contributed by atoms with van der Waals surface area (Å²) in [5.41, 5.74) is 1.32. The van der Waals surface area contributed by atoms with Crippen molar-refractivity contribution in [1.82, 2.24) is 14.7 Å². The summed E-state index contributed by atoms with van der Waals surface area (Å²) in [4.78, 5) is 42.4. The van der Waals surface area contributed by atoms with Crippen molar-refractivity contribution in [3.05, 3.63) is 45.6 Å². The number of benzene rings is 1. The molecule has 3 rings (SSSR count). The normalized spacial score (nSPS) is 18.1. The Morgan fingerprint density at radius 2 is 1.62 bits per heavy atom. The molecule has 8 nitrogen and oxygen atoms in total. The van der Waals surface area contributed by atoms with Crippen molar-refractivity contribution in [3.8, 4) is 0 Å². The molecule has 0 radical (unpaired) electrons. The van der Waals surface area contributed by atoms with Crippen molar-refractivity contribution in [3.63, 3.8) is 0 Å². The second-order valence-corrected chi connectivity index (χ2v) is 7.64. The van der Waals surface area contributed by atoms with Crippen molar-refractivity contribution in [2.45, 2.75) is 32.6 Å². The van der Waals surface area contributed by atoms with Crippen LogP contribution in [0.3, 0.4) is 0 Å². The highest BCUT2D eigenvalue weighted by Gasteiger charge is 2.41. The van der Waals surface area contributed by atoms with Gasteiger partial charge in [-0.25, -0.2) is 0 Å². The third kappa shape index (κ3) is 4.48. The van der Waals surface area contributed by atoms with Gasteiger partial charge in [-0.3, -0.25) is 24.6 Å². The first-order valence-corrected chi connectivity index (χ1v) is 10.2. The number of nitro groups is 1. The summed E-state index contributed by atoms with van der Waals surface area (Å²) in [6, 6.07) is 5.89. The molecule has 1 fully saturated rings. The zero-order valence-electron chi connectivity index (χ0n) is 17.1. The average molecular weight is 400 g/mol. The highest BCUT2D eigenvalue weighted by molar-refractivity contribution is 6.35. The molecule has 0 aromatic heterocycles. The predicted octanol–water partition coefficient (Wildman–Crippen LogP) is 2.50. The van der Waals surface area contributed by atoms with Gasteiger partial charge in [0.15, 0.2) is 0 Å². The van der Waals surface area contributed by atoms with E-state index in [1.165, 1.54) is 17.0 Å². The second kappa shape index (κ2) is 9.17. The van der Waals surface area contributed by atoms with Gasteiger partial charge in [0.1, 0.15) is 5.70 Å². The summed E-state index contributed by atoms with van der Waals surface area (Å²) >= 11 is 0. The lowest BCUT2D eigenvalue weighted by Crippen LogP contribution is -2.46. The Hall–Kier alpha value is -2.74. The molecule has 0 saturated carbocycles. The molecule has 0 atom stereocenters. The fourth-order valence-electron chi connectivity index (χ4n) is 3.80. The molecular weight excluding hydrogens is 372 g/mol. The van der Waals surface area contributed by atoms with Gasteiger partial charge in [-0.05, 0) is 31.2 Å². The first-order chi connectivity index (χ1) is 13.9. The molecule has 29 heavy (non-hydrogen) atoms. The number of carbonyl (C=O) groups excluding carboxylic acids is 2. The van der Waals surface area contributed by atoms with Gasteiger partial charge in [0.25, 0.3) is 17.5 Å². The number of amides is 2. The Morgan fingerprint density at radius 3 is 2.21 bits per heavy atom. The quantitative estimate of drug-likeness (QED) is 0.288. The number of piperazine rings is 1. The lowest BCUT2D eigenvalue weighted by molar-refractivity contribution is -0.384. The summed E-state index contributed by atoms with van der Waals surface area (Å²) in [6.45, 7) is 5.50. The van der Waals surface area contributed by atoms with Gasteiger partial charge in [-0.15, -0.1) is 0 Å². The molecule has 0 aliphatic carbocycles. The smallest absolute Gasteiger partial charge is 0.277 e. The molecule has 8 heteroatoms. The van der Waals surface area contributed by atoms with Crippen LogP contribution in [0.2, 0.25) is 0 Å². The van der Waals surface area contributed by atoms with Crippen LogP contribution in [0.1, 0.15) is 38.2 Å². The Labute approximate surface area is 170 Å². The number of likely N-dealkylation sites (N-methyl/N-ethyl adjacent to an activating group) is 1. The van der Waals surface area contributed by atoms with Crippen LogP contribution in [0, 0.1) is 10.1 Å². The summed E-state index contributed by atoms with van der Waals surface area (Å²) < 4.78 is 0. The van der Waals surface area contributed by atoms with Crippen LogP contribution in [0.15, 0.2) is 30.0 Å². The first-order valence-electron chi connectivity index (χ1n) is 10.2. The molecule has 0 spiro atoms. The molecule has 2 amide bonds. The molecule has 2 heterocycles. The SMILES string of the molecule is CCCCCCN1C(=O)C(c2ccc([N+](=O)[O-])cc2)=C(N2CCN(C)CC2)C1=O. The van der Waals surface area contributed by atoms with Crippen LogP contribution in [-0.4, -0.2) is 71.2 Å². The Morgan fingerprint density at radius 1 is 0.966 bits per heavy atom. The molecule has 2 aliphatic rings. The molecular formula is C21H28N4O4. The van der Waals surface area contributed by atoms with Gasteiger partial charge >= 0.3 is 0 Å². The molecule has 0 unspecified atom stereocenters. The van der Waals surface area contributed by atoms with Crippen molar-refractivity contribution in [2.75, 3.05) is 39.8 Å². The van der Waals surface area contributed by atoms with Gasteiger partial charge in [0.2, 0.25) is 0 Å². The van der Waals surface area contributed by atoms with Crippen LogP contribution < -0.4 is 0 Å². The number of rotatable bonds is 8. The molecule has 1 saturated heterocycles. The summed E-state index contributed by atoms with van der Waals surface area (Å²) in [5, 5.41) is 11.0. The third-order valence-corrected chi connectivity index (χ3v) is 5.57. The highest BCUT2D eigenvalue weighted by Crippen LogP contribution is 2.33. The van der Waals surface area contributed by atoms with E-state index in [1.807, 2.05) is 11.9 Å². The number of non-ortho nitro benzene ring substituents is 1. The Kier molecular flexibility index (Phi) is 6.64. The molecule has 2 aliphatic heterocycles. The van der Waals surface area contributed by atoms with E-state index in [4.69, 9.17) is 0 Å². The molecule has 156 valence electrons. The standard InChI is InChI=1S/C21H28N4O4/c1-3-4-5-6-11-24-20(26)18(16-7-9-17(10-8-16)25(28)29)19(21(24)27)23-14-12-22(2)13-15-23/h7-10H,3-6,11-15H2,1-2H3. The number of hydrogen-bond acceptors (Lipinski definition) is 6. The maximum Gasteiger partial charge on any atom is 0.277 e. The van der Waals surface area contributed by atoms with Crippen molar-refractivity contribution in [1.29, 1.82) is 0 Å². The topological polar surface area (TPSA) is 87.0 Å².